The van der Waals surface area contributed by atoms with E-state index >= 15 is 0 Å². The number of hydrogen-bond donors (Lipinski definition) is 2. The summed E-state index contributed by atoms with van der Waals surface area (Å²) in [5.41, 5.74) is 19.8. The van der Waals surface area contributed by atoms with Crippen molar-refractivity contribution in [3.63, 3.8) is 0 Å². The van der Waals surface area contributed by atoms with Crippen LogP contribution in [0.3, 0.4) is 0 Å². The quantitative estimate of drug-likeness (QED) is 0.387. The number of rotatable bonds is 8. The molecule has 0 aliphatic rings. The van der Waals surface area contributed by atoms with Crippen molar-refractivity contribution in [3.8, 4) is 11.1 Å². The molecule has 0 heterocycles. The molecule has 0 aliphatic carbocycles. The normalized spacial score (nSPS) is 10.8. The highest BCUT2D eigenvalue weighted by Crippen LogP contribution is 2.35. The van der Waals surface area contributed by atoms with Crippen LogP contribution >= 0.6 is 0 Å². The van der Waals surface area contributed by atoms with Gasteiger partial charge in [0, 0.05) is 17.1 Å². The van der Waals surface area contributed by atoms with E-state index in [1.165, 1.54) is 22.3 Å². The summed E-state index contributed by atoms with van der Waals surface area (Å²) in [5, 5.41) is 0. The molecule has 4 N–H and O–H groups in total. The molecule has 0 fully saturated rings. The van der Waals surface area contributed by atoms with Crippen molar-refractivity contribution in [1.29, 1.82) is 0 Å². The Morgan fingerprint density at radius 1 is 0.452 bits per heavy atom. The van der Waals surface area contributed by atoms with Crippen LogP contribution in [0, 0.1) is 0 Å². The fourth-order valence-corrected chi connectivity index (χ4v) is 3.84. The van der Waals surface area contributed by atoms with Gasteiger partial charge in [-0.15, -0.1) is 0 Å². The van der Waals surface area contributed by atoms with Crippen LogP contribution in [-0.2, 0) is 12.8 Å². The molecule has 0 aliphatic heterocycles. The standard InChI is InChI=1S/C28H29N3/c29-20-18-22-6-12-26(13-7-22)31(27-14-8-23(9-15-27)19-21-30)28-16-10-25(11-17-28)24-4-2-1-3-5-24/h1-17H,18-21,29-30H2. The highest BCUT2D eigenvalue weighted by Gasteiger charge is 2.13. The summed E-state index contributed by atoms with van der Waals surface area (Å²) in [5.74, 6) is 0. The Hall–Kier alpha value is -3.40. The second kappa shape index (κ2) is 10.1. The minimum Gasteiger partial charge on any atom is -0.330 e. The van der Waals surface area contributed by atoms with Crippen molar-refractivity contribution in [2.75, 3.05) is 18.0 Å². The third-order valence-electron chi connectivity index (χ3n) is 5.49. The zero-order chi connectivity index (χ0) is 21.5. The average Bonchev–Trinajstić information content (AvgIpc) is 2.83. The van der Waals surface area contributed by atoms with Crippen molar-refractivity contribution in [2.24, 2.45) is 11.5 Å². The van der Waals surface area contributed by atoms with Crippen molar-refractivity contribution >= 4 is 17.1 Å². The molecule has 0 atom stereocenters. The van der Waals surface area contributed by atoms with Gasteiger partial charge < -0.3 is 16.4 Å². The summed E-state index contributed by atoms with van der Waals surface area (Å²) < 4.78 is 0. The Labute approximate surface area is 185 Å². The Bertz CT molecular complexity index is 1020. The molecule has 4 rings (SSSR count). The van der Waals surface area contributed by atoms with Gasteiger partial charge >= 0.3 is 0 Å². The maximum atomic E-state index is 5.72. The molecule has 3 nitrogen and oxygen atoms in total. The molecule has 0 saturated carbocycles. The zero-order valence-electron chi connectivity index (χ0n) is 17.7. The number of anilines is 3. The topological polar surface area (TPSA) is 55.3 Å². The Morgan fingerprint density at radius 2 is 0.839 bits per heavy atom. The number of nitrogens with zero attached hydrogens (tertiary/aromatic N) is 1. The molecule has 156 valence electrons. The van der Waals surface area contributed by atoms with Crippen molar-refractivity contribution in [1.82, 2.24) is 0 Å². The van der Waals surface area contributed by atoms with Crippen molar-refractivity contribution in [3.05, 3.63) is 114 Å². The van der Waals surface area contributed by atoms with E-state index in [0.29, 0.717) is 13.1 Å². The lowest BCUT2D eigenvalue weighted by atomic mass is 10.0. The smallest absolute Gasteiger partial charge is 0.0462 e. The van der Waals surface area contributed by atoms with Gasteiger partial charge in [0.1, 0.15) is 0 Å². The van der Waals surface area contributed by atoms with Crippen LogP contribution in [0.25, 0.3) is 11.1 Å². The van der Waals surface area contributed by atoms with E-state index in [4.69, 9.17) is 11.5 Å². The SMILES string of the molecule is NCCc1ccc(N(c2ccc(CCN)cc2)c2ccc(-c3ccccc3)cc2)cc1. The van der Waals surface area contributed by atoms with Crippen LogP contribution in [-0.4, -0.2) is 13.1 Å². The second-order valence-corrected chi connectivity index (χ2v) is 7.66. The van der Waals surface area contributed by atoms with Gasteiger partial charge in [-0.25, -0.2) is 0 Å². The van der Waals surface area contributed by atoms with E-state index in [1.807, 2.05) is 6.07 Å². The molecule has 31 heavy (non-hydrogen) atoms. The Balaban J connectivity index is 1.71. The van der Waals surface area contributed by atoms with E-state index in [2.05, 4.69) is 102 Å². The molecular weight excluding hydrogens is 378 g/mol. The van der Waals surface area contributed by atoms with Gasteiger partial charge in [0.05, 0.1) is 0 Å². The number of hydrogen-bond acceptors (Lipinski definition) is 3. The molecule has 0 saturated heterocycles. The highest BCUT2D eigenvalue weighted by molar-refractivity contribution is 5.78. The van der Waals surface area contributed by atoms with Crippen LogP contribution in [0.4, 0.5) is 17.1 Å². The maximum Gasteiger partial charge on any atom is 0.0462 e. The minimum atomic E-state index is 0.659. The van der Waals surface area contributed by atoms with Crippen LogP contribution in [0.2, 0.25) is 0 Å². The molecule has 0 bridgehead atoms. The van der Waals surface area contributed by atoms with Crippen molar-refractivity contribution < 1.29 is 0 Å². The predicted molar refractivity (Wildman–Crippen MR) is 132 cm³/mol. The van der Waals surface area contributed by atoms with Gasteiger partial charge in [-0.1, -0.05) is 66.7 Å². The molecule has 0 spiro atoms. The third-order valence-corrected chi connectivity index (χ3v) is 5.49. The van der Waals surface area contributed by atoms with Gasteiger partial charge in [-0.3, -0.25) is 0 Å². The van der Waals surface area contributed by atoms with E-state index < -0.39 is 0 Å². The Kier molecular flexibility index (Phi) is 6.78. The fraction of sp³-hybridized carbons (Fsp3) is 0.143. The first-order valence-electron chi connectivity index (χ1n) is 10.8. The summed E-state index contributed by atoms with van der Waals surface area (Å²) in [6, 6.07) is 36.5. The molecule has 0 unspecified atom stereocenters. The van der Waals surface area contributed by atoms with Crippen LogP contribution in [0.15, 0.2) is 103 Å². The van der Waals surface area contributed by atoms with E-state index in [-0.39, 0.29) is 0 Å². The summed E-state index contributed by atoms with van der Waals surface area (Å²) in [6.07, 6.45) is 1.78. The van der Waals surface area contributed by atoms with Crippen molar-refractivity contribution in [2.45, 2.75) is 12.8 Å². The lowest BCUT2D eigenvalue weighted by molar-refractivity contribution is 0.967. The van der Waals surface area contributed by atoms with Gasteiger partial charge in [0.2, 0.25) is 0 Å². The first kappa shape index (κ1) is 20.9. The summed E-state index contributed by atoms with van der Waals surface area (Å²) in [6.45, 7) is 1.32. The van der Waals surface area contributed by atoms with Gasteiger partial charge in [-0.2, -0.15) is 0 Å². The van der Waals surface area contributed by atoms with E-state index in [9.17, 15) is 0 Å². The molecule has 0 aromatic heterocycles. The Morgan fingerprint density at radius 3 is 1.26 bits per heavy atom. The third kappa shape index (κ3) is 5.02. The van der Waals surface area contributed by atoms with Gasteiger partial charge in [0.15, 0.2) is 0 Å². The van der Waals surface area contributed by atoms with Crippen LogP contribution in [0.1, 0.15) is 11.1 Å². The first-order valence-corrected chi connectivity index (χ1v) is 10.8. The fourth-order valence-electron chi connectivity index (χ4n) is 3.84. The van der Waals surface area contributed by atoms with Gasteiger partial charge in [-0.05, 0) is 84.6 Å². The van der Waals surface area contributed by atoms with Crippen LogP contribution < -0.4 is 16.4 Å². The molecule has 3 heteroatoms. The summed E-state index contributed by atoms with van der Waals surface area (Å²) in [7, 11) is 0. The van der Waals surface area contributed by atoms with Crippen LogP contribution in [0.5, 0.6) is 0 Å². The summed E-state index contributed by atoms with van der Waals surface area (Å²) in [4.78, 5) is 2.28. The molecule has 4 aromatic carbocycles. The van der Waals surface area contributed by atoms with E-state index in [1.54, 1.807) is 0 Å². The lowest BCUT2D eigenvalue weighted by Crippen LogP contribution is -2.10. The number of benzene rings is 4. The molecular formula is C28H29N3. The van der Waals surface area contributed by atoms with E-state index in [0.717, 1.165) is 29.9 Å². The highest BCUT2D eigenvalue weighted by atomic mass is 15.1. The first-order chi connectivity index (χ1) is 15.3. The molecule has 0 radical (unpaired) electrons. The maximum absolute atomic E-state index is 5.72. The average molecular weight is 408 g/mol. The predicted octanol–water partition coefficient (Wildman–Crippen LogP) is 5.83. The minimum absolute atomic E-state index is 0.659. The largest absolute Gasteiger partial charge is 0.330 e. The zero-order valence-corrected chi connectivity index (χ0v) is 17.7. The molecule has 0 amide bonds. The second-order valence-electron chi connectivity index (χ2n) is 7.66. The van der Waals surface area contributed by atoms with Gasteiger partial charge in [0.25, 0.3) is 0 Å². The lowest BCUT2D eigenvalue weighted by Gasteiger charge is -2.26. The monoisotopic (exact) mass is 407 g/mol. The number of nitrogens with two attached hydrogens (primary N) is 2. The molecule has 4 aromatic rings. The summed E-state index contributed by atoms with van der Waals surface area (Å²) >= 11 is 0.